The van der Waals surface area contributed by atoms with Gasteiger partial charge in [0.2, 0.25) is 0 Å². The molecule has 0 amide bonds. The van der Waals surface area contributed by atoms with Gasteiger partial charge in [0.1, 0.15) is 5.92 Å². The quantitative estimate of drug-likeness (QED) is 0.336. The van der Waals surface area contributed by atoms with E-state index < -0.39 is 22.7 Å². The molecule has 0 fully saturated rings. The number of hydrogen-bond donors (Lipinski definition) is 0. The molecule has 1 aliphatic carbocycles. The lowest BCUT2D eigenvalue weighted by atomic mass is 9.73. The highest BCUT2D eigenvalue weighted by atomic mass is 16.6. The predicted molar refractivity (Wildman–Crippen MR) is 105 cm³/mol. The molecular formula is C22H21NO5. The zero-order chi connectivity index (χ0) is 20.3. The maximum Gasteiger partial charge on any atom is 0.317 e. The second kappa shape index (κ2) is 8.17. The first-order valence-corrected chi connectivity index (χ1v) is 9.13. The van der Waals surface area contributed by atoms with Crippen molar-refractivity contribution in [3.63, 3.8) is 0 Å². The number of benzene rings is 2. The summed E-state index contributed by atoms with van der Waals surface area (Å²) in [5, 5.41) is 11.2. The Labute approximate surface area is 163 Å². The molecule has 28 heavy (non-hydrogen) atoms. The summed E-state index contributed by atoms with van der Waals surface area (Å²) in [5.74, 6) is -2.45. The average molecular weight is 379 g/mol. The first-order valence-electron chi connectivity index (χ1n) is 9.13. The Morgan fingerprint density at radius 2 is 1.93 bits per heavy atom. The maximum atomic E-state index is 12.9. The third-order valence-electron chi connectivity index (χ3n) is 4.94. The number of carbonyl (C=O) groups excluding carboxylic acids is 2. The number of rotatable bonds is 5. The van der Waals surface area contributed by atoms with Crippen molar-refractivity contribution in [1.82, 2.24) is 0 Å². The van der Waals surface area contributed by atoms with Gasteiger partial charge in [0.05, 0.1) is 11.5 Å². The van der Waals surface area contributed by atoms with Crippen molar-refractivity contribution < 1.29 is 19.2 Å². The van der Waals surface area contributed by atoms with Crippen molar-refractivity contribution in [2.45, 2.75) is 26.2 Å². The molecule has 0 N–H and O–H groups in total. The zero-order valence-corrected chi connectivity index (χ0v) is 15.8. The molecule has 0 heterocycles. The van der Waals surface area contributed by atoms with Crippen molar-refractivity contribution in [2.75, 3.05) is 6.61 Å². The molecule has 0 spiro atoms. The summed E-state index contributed by atoms with van der Waals surface area (Å²) in [4.78, 5) is 36.0. The van der Waals surface area contributed by atoms with Gasteiger partial charge in [-0.25, -0.2) is 0 Å². The first kappa shape index (κ1) is 19.5. The van der Waals surface area contributed by atoms with Gasteiger partial charge >= 0.3 is 5.97 Å². The van der Waals surface area contributed by atoms with E-state index >= 15 is 0 Å². The lowest BCUT2D eigenvalue weighted by molar-refractivity contribution is -0.384. The number of ketones is 1. The van der Waals surface area contributed by atoms with Crippen LogP contribution in [0.2, 0.25) is 0 Å². The largest absolute Gasteiger partial charge is 0.465 e. The summed E-state index contributed by atoms with van der Waals surface area (Å²) < 4.78 is 5.11. The van der Waals surface area contributed by atoms with Crippen LogP contribution in [-0.4, -0.2) is 23.3 Å². The van der Waals surface area contributed by atoms with E-state index in [0.29, 0.717) is 12.0 Å². The Balaban J connectivity index is 2.05. The first-order chi connectivity index (χ1) is 13.4. The molecule has 6 heteroatoms. The SMILES string of the molecule is CCOC(=O)[C@@H]1C(=O)C=C(c2ccc(C)cc2)C[C@H]1c1cccc([N+](=O)[O-])c1. The highest BCUT2D eigenvalue weighted by Gasteiger charge is 2.40. The smallest absolute Gasteiger partial charge is 0.317 e. The Bertz CT molecular complexity index is 946. The molecule has 0 saturated heterocycles. The summed E-state index contributed by atoms with van der Waals surface area (Å²) in [6, 6.07) is 13.9. The number of ether oxygens (including phenoxy) is 1. The number of carbonyl (C=O) groups is 2. The van der Waals surface area contributed by atoms with E-state index in [9.17, 15) is 19.7 Å². The van der Waals surface area contributed by atoms with Crippen molar-refractivity contribution in [3.05, 3.63) is 81.4 Å². The van der Waals surface area contributed by atoms with Crippen LogP contribution in [0.3, 0.4) is 0 Å². The Hall–Kier alpha value is -3.28. The summed E-state index contributed by atoms with van der Waals surface area (Å²) >= 11 is 0. The number of nitro benzene ring substituents is 1. The third kappa shape index (κ3) is 4.01. The van der Waals surface area contributed by atoms with E-state index in [1.807, 2.05) is 31.2 Å². The highest BCUT2D eigenvalue weighted by molar-refractivity contribution is 6.10. The molecule has 6 nitrogen and oxygen atoms in total. The molecule has 2 aromatic carbocycles. The summed E-state index contributed by atoms with van der Waals surface area (Å²) in [6.07, 6.45) is 1.92. The molecule has 0 aliphatic heterocycles. The van der Waals surface area contributed by atoms with Crippen LogP contribution in [0.25, 0.3) is 5.57 Å². The fraction of sp³-hybridized carbons (Fsp3) is 0.273. The zero-order valence-electron chi connectivity index (χ0n) is 15.8. The van der Waals surface area contributed by atoms with Crippen molar-refractivity contribution in [3.8, 4) is 0 Å². The van der Waals surface area contributed by atoms with Crippen LogP contribution in [0.1, 0.15) is 36.0 Å². The van der Waals surface area contributed by atoms with Crippen LogP contribution in [0, 0.1) is 23.0 Å². The molecule has 144 valence electrons. The minimum atomic E-state index is -1.00. The standard InChI is InChI=1S/C22H21NO5/c1-3-28-22(25)21-19(16-5-4-6-18(11-16)23(26)27)12-17(13-20(21)24)15-9-7-14(2)8-10-15/h4-11,13,19,21H,3,12H2,1-2H3/t19-,21-/m0/s1. The second-order valence-corrected chi connectivity index (χ2v) is 6.83. The van der Waals surface area contributed by atoms with E-state index in [1.54, 1.807) is 19.1 Å². The van der Waals surface area contributed by atoms with Gasteiger partial charge in [-0.05, 0) is 43.0 Å². The van der Waals surface area contributed by atoms with E-state index in [4.69, 9.17) is 4.74 Å². The van der Waals surface area contributed by atoms with E-state index in [1.165, 1.54) is 18.2 Å². The summed E-state index contributed by atoms with van der Waals surface area (Å²) in [7, 11) is 0. The predicted octanol–water partition coefficient (Wildman–Crippen LogP) is 4.22. The van der Waals surface area contributed by atoms with Crippen molar-refractivity contribution in [1.29, 1.82) is 0 Å². The molecule has 3 rings (SSSR count). The summed E-state index contributed by atoms with van der Waals surface area (Å²) in [5.41, 5.74) is 3.32. The number of allylic oxidation sites excluding steroid dienone is 2. The monoisotopic (exact) mass is 379 g/mol. The van der Waals surface area contributed by atoms with Gasteiger partial charge < -0.3 is 4.74 Å². The molecule has 0 saturated carbocycles. The van der Waals surface area contributed by atoms with Crippen LogP contribution < -0.4 is 0 Å². The van der Waals surface area contributed by atoms with Gasteiger partial charge in [-0.15, -0.1) is 0 Å². The lowest BCUT2D eigenvalue weighted by Gasteiger charge is -2.29. The van der Waals surface area contributed by atoms with Crippen LogP contribution in [0.5, 0.6) is 0 Å². The van der Waals surface area contributed by atoms with Gasteiger partial charge in [-0.1, -0.05) is 42.0 Å². The fourth-order valence-corrected chi connectivity index (χ4v) is 3.53. The fourth-order valence-electron chi connectivity index (χ4n) is 3.53. The molecule has 1 aliphatic rings. The van der Waals surface area contributed by atoms with E-state index in [2.05, 4.69) is 0 Å². The van der Waals surface area contributed by atoms with Crippen LogP contribution in [-0.2, 0) is 14.3 Å². The molecule has 0 aromatic heterocycles. The second-order valence-electron chi connectivity index (χ2n) is 6.83. The molecule has 2 aromatic rings. The van der Waals surface area contributed by atoms with Crippen molar-refractivity contribution in [2.24, 2.45) is 5.92 Å². The molecule has 0 unspecified atom stereocenters. The molecular weight excluding hydrogens is 358 g/mol. The number of esters is 1. The van der Waals surface area contributed by atoms with Gasteiger partial charge in [-0.3, -0.25) is 19.7 Å². The normalized spacial score (nSPS) is 19.1. The maximum absolute atomic E-state index is 12.9. The lowest BCUT2D eigenvalue weighted by Crippen LogP contribution is -2.34. The minimum absolute atomic E-state index is 0.0704. The van der Waals surface area contributed by atoms with Gasteiger partial charge in [-0.2, -0.15) is 0 Å². The van der Waals surface area contributed by atoms with Crippen LogP contribution in [0.15, 0.2) is 54.6 Å². The Morgan fingerprint density at radius 3 is 2.57 bits per heavy atom. The number of hydrogen-bond acceptors (Lipinski definition) is 5. The Kier molecular flexibility index (Phi) is 5.68. The summed E-state index contributed by atoms with van der Waals surface area (Å²) in [6.45, 7) is 3.83. The number of aryl methyl sites for hydroxylation is 1. The van der Waals surface area contributed by atoms with Crippen LogP contribution >= 0.6 is 0 Å². The van der Waals surface area contributed by atoms with Gasteiger partial charge in [0.25, 0.3) is 5.69 Å². The van der Waals surface area contributed by atoms with Crippen LogP contribution in [0.4, 0.5) is 5.69 Å². The molecule has 2 atom stereocenters. The Morgan fingerprint density at radius 1 is 1.21 bits per heavy atom. The van der Waals surface area contributed by atoms with Gasteiger partial charge in [0.15, 0.2) is 5.78 Å². The molecule has 0 bridgehead atoms. The highest BCUT2D eigenvalue weighted by Crippen LogP contribution is 2.41. The number of nitro groups is 1. The van der Waals surface area contributed by atoms with Crippen molar-refractivity contribution >= 4 is 23.0 Å². The van der Waals surface area contributed by atoms with E-state index in [0.717, 1.165) is 16.7 Å². The topological polar surface area (TPSA) is 86.5 Å². The van der Waals surface area contributed by atoms with E-state index in [-0.39, 0.29) is 18.1 Å². The number of non-ortho nitro benzene ring substituents is 1. The minimum Gasteiger partial charge on any atom is -0.465 e. The average Bonchev–Trinajstić information content (AvgIpc) is 2.68. The number of nitrogens with zero attached hydrogens (tertiary/aromatic N) is 1. The third-order valence-corrected chi connectivity index (χ3v) is 4.94. The van der Waals surface area contributed by atoms with Gasteiger partial charge in [0, 0.05) is 18.1 Å². The molecule has 0 radical (unpaired) electrons.